The van der Waals surface area contributed by atoms with E-state index in [-0.39, 0.29) is 22.1 Å². The molecule has 0 fully saturated rings. The average Bonchev–Trinajstić information content (AvgIpc) is 2.75. The lowest BCUT2D eigenvalue weighted by Gasteiger charge is -2.08. The number of aryl methyl sites for hydroxylation is 2. The summed E-state index contributed by atoms with van der Waals surface area (Å²) in [5.41, 5.74) is 0.550. The Hall–Kier alpha value is -1.86. The maximum absolute atomic E-state index is 13.7. The number of hydrogen-bond donors (Lipinski definition) is 2. The monoisotopic (exact) mass is 299 g/mol. The van der Waals surface area contributed by atoms with Crippen LogP contribution in [0.25, 0.3) is 0 Å². The van der Waals surface area contributed by atoms with Crippen LogP contribution in [0.4, 0.5) is 10.1 Å². The van der Waals surface area contributed by atoms with Crippen LogP contribution >= 0.6 is 0 Å². The van der Waals surface area contributed by atoms with E-state index in [1.54, 1.807) is 13.0 Å². The molecule has 0 aliphatic rings. The Bertz CT molecular complexity index is 737. The zero-order valence-electron chi connectivity index (χ0n) is 11.0. The molecule has 0 radical (unpaired) electrons. The van der Waals surface area contributed by atoms with Crippen LogP contribution in [0, 0.1) is 19.7 Å². The Morgan fingerprint density at radius 1 is 1.30 bits per heavy atom. The van der Waals surface area contributed by atoms with E-state index in [0.29, 0.717) is 5.56 Å². The highest BCUT2D eigenvalue weighted by molar-refractivity contribution is 7.92. The lowest BCUT2D eigenvalue weighted by molar-refractivity contribution is 0.245. The van der Waals surface area contributed by atoms with E-state index in [2.05, 4.69) is 4.72 Å². The summed E-state index contributed by atoms with van der Waals surface area (Å²) in [6.07, 6.45) is 0. The third kappa shape index (κ3) is 2.83. The maximum atomic E-state index is 13.7. The molecule has 0 unspecified atom stereocenters. The van der Waals surface area contributed by atoms with Crippen LogP contribution in [0.15, 0.2) is 33.6 Å². The first-order valence-electron chi connectivity index (χ1n) is 5.82. The van der Waals surface area contributed by atoms with Gasteiger partial charge in [-0.25, -0.2) is 12.8 Å². The van der Waals surface area contributed by atoms with Gasteiger partial charge in [0.1, 0.15) is 28.8 Å². The van der Waals surface area contributed by atoms with Gasteiger partial charge in [0.15, 0.2) is 0 Å². The summed E-state index contributed by atoms with van der Waals surface area (Å²) in [5.74, 6) is -0.390. The van der Waals surface area contributed by atoms with Gasteiger partial charge in [-0.05, 0) is 31.5 Å². The summed E-state index contributed by atoms with van der Waals surface area (Å²) < 4.78 is 45.3. The van der Waals surface area contributed by atoms with E-state index in [1.165, 1.54) is 25.1 Å². The van der Waals surface area contributed by atoms with Gasteiger partial charge in [0.2, 0.25) is 0 Å². The Kier molecular flexibility index (Phi) is 3.82. The van der Waals surface area contributed by atoms with Crippen LogP contribution in [0.5, 0.6) is 0 Å². The quantitative estimate of drug-likeness (QED) is 0.908. The van der Waals surface area contributed by atoms with Gasteiger partial charge in [0.05, 0.1) is 5.69 Å². The number of rotatable bonds is 4. The van der Waals surface area contributed by atoms with Crippen LogP contribution in [0.2, 0.25) is 0 Å². The minimum absolute atomic E-state index is 0.124. The number of nitrogens with one attached hydrogen (secondary N) is 1. The van der Waals surface area contributed by atoms with Crippen molar-refractivity contribution in [3.05, 3.63) is 47.2 Å². The number of furan rings is 1. The minimum Gasteiger partial charge on any atom is -0.462 e. The molecular formula is C13H14FNO4S. The summed E-state index contributed by atoms with van der Waals surface area (Å²) in [6, 6.07) is 5.40. The topological polar surface area (TPSA) is 79.5 Å². The van der Waals surface area contributed by atoms with Crippen molar-refractivity contribution in [3.8, 4) is 0 Å². The number of aliphatic hydroxyl groups excluding tert-OH is 1. The van der Waals surface area contributed by atoms with Crippen molar-refractivity contribution in [2.75, 3.05) is 4.72 Å². The lowest BCUT2D eigenvalue weighted by Crippen LogP contribution is -2.14. The van der Waals surface area contributed by atoms with Crippen molar-refractivity contribution >= 4 is 15.7 Å². The fourth-order valence-corrected chi connectivity index (χ4v) is 3.04. The van der Waals surface area contributed by atoms with E-state index >= 15 is 0 Å². The van der Waals surface area contributed by atoms with Crippen molar-refractivity contribution in [1.82, 2.24) is 0 Å². The SMILES string of the molecule is Cc1ccc(NS(=O)(=O)c2cc(CO)oc2C)c(F)c1. The largest absolute Gasteiger partial charge is 0.462 e. The molecule has 2 rings (SSSR count). The van der Waals surface area contributed by atoms with Crippen LogP contribution < -0.4 is 4.72 Å². The van der Waals surface area contributed by atoms with Crippen molar-refractivity contribution in [2.24, 2.45) is 0 Å². The maximum Gasteiger partial charge on any atom is 0.265 e. The van der Waals surface area contributed by atoms with E-state index in [0.717, 1.165) is 0 Å². The number of benzene rings is 1. The van der Waals surface area contributed by atoms with E-state index in [1.807, 2.05) is 0 Å². The predicted molar refractivity (Wildman–Crippen MR) is 71.3 cm³/mol. The second-order valence-corrected chi connectivity index (χ2v) is 6.03. The molecule has 0 saturated carbocycles. The van der Waals surface area contributed by atoms with Crippen LogP contribution in [-0.2, 0) is 16.6 Å². The normalized spacial score (nSPS) is 11.6. The van der Waals surface area contributed by atoms with Crippen molar-refractivity contribution < 1.29 is 22.3 Å². The molecule has 5 nitrogen and oxygen atoms in total. The lowest BCUT2D eigenvalue weighted by atomic mass is 10.2. The van der Waals surface area contributed by atoms with Gasteiger partial charge < -0.3 is 9.52 Å². The predicted octanol–water partition coefficient (Wildman–Crippen LogP) is 2.33. The van der Waals surface area contributed by atoms with Gasteiger partial charge in [-0.15, -0.1) is 0 Å². The molecule has 0 spiro atoms. The summed E-state index contributed by atoms with van der Waals surface area (Å²) in [5, 5.41) is 8.94. The smallest absolute Gasteiger partial charge is 0.265 e. The molecule has 0 aliphatic heterocycles. The van der Waals surface area contributed by atoms with Gasteiger partial charge in [-0.1, -0.05) is 6.07 Å². The fraction of sp³-hybridized carbons (Fsp3) is 0.231. The molecule has 1 heterocycles. The highest BCUT2D eigenvalue weighted by Gasteiger charge is 2.22. The van der Waals surface area contributed by atoms with Crippen molar-refractivity contribution in [2.45, 2.75) is 25.3 Å². The van der Waals surface area contributed by atoms with Gasteiger partial charge >= 0.3 is 0 Å². The van der Waals surface area contributed by atoms with E-state index in [9.17, 15) is 12.8 Å². The van der Waals surface area contributed by atoms with Crippen LogP contribution in [0.1, 0.15) is 17.1 Å². The molecule has 0 bridgehead atoms. The van der Waals surface area contributed by atoms with Gasteiger partial charge in [-0.2, -0.15) is 0 Å². The van der Waals surface area contributed by atoms with Crippen LogP contribution in [-0.4, -0.2) is 13.5 Å². The van der Waals surface area contributed by atoms with Gasteiger partial charge in [0.25, 0.3) is 10.0 Å². The molecule has 0 atom stereocenters. The zero-order chi connectivity index (χ0) is 14.9. The molecular weight excluding hydrogens is 285 g/mol. The van der Waals surface area contributed by atoms with Crippen LogP contribution in [0.3, 0.4) is 0 Å². The zero-order valence-corrected chi connectivity index (χ0v) is 11.8. The third-order valence-corrected chi connectivity index (χ3v) is 4.21. The Labute approximate surface area is 116 Å². The average molecular weight is 299 g/mol. The van der Waals surface area contributed by atoms with Crippen molar-refractivity contribution in [3.63, 3.8) is 0 Å². The Balaban J connectivity index is 2.38. The summed E-state index contributed by atoms with van der Waals surface area (Å²) in [7, 11) is -3.96. The molecule has 20 heavy (non-hydrogen) atoms. The summed E-state index contributed by atoms with van der Waals surface area (Å²) in [6.45, 7) is 2.75. The van der Waals surface area contributed by atoms with Gasteiger partial charge in [0, 0.05) is 6.07 Å². The third-order valence-electron chi connectivity index (χ3n) is 2.74. The standard InChI is InChI=1S/C13H14FNO4S/c1-8-3-4-12(11(14)5-8)15-20(17,18)13-6-10(7-16)19-9(13)2/h3-6,15-16H,7H2,1-2H3. The Morgan fingerprint density at radius 3 is 2.55 bits per heavy atom. The first-order chi connectivity index (χ1) is 9.33. The second kappa shape index (κ2) is 5.26. The molecule has 0 saturated heterocycles. The number of halogens is 1. The molecule has 0 aliphatic carbocycles. The number of hydrogen-bond acceptors (Lipinski definition) is 4. The Morgan fingerprint density at radius 2 is 2.00 bits per heavy atom. The van der Waals surface area contributed by atoms with Crippen molar-refractivity contribution in [1.29, 1.82) is 0 Å². The first-order valence-corrected chi connectivity index (χ1v) is 7.31. The second-order valence-electron chi connectivity index (χ2n) is 4.38. The highest BCUT2D eigenvalue weighted by Crippen LogP contribution is 2.24. The summed E-state index contributed by atoms with van der Waals surface area (Å²) in [4.78, 5) is -0.124. The molecule has 1 aromatic carbocycles. The molecule has 7 heteroatoms. The molecule has 108 valence electrons. The summed E-state index contributed by atoms with van der Waals surface area (Å²) >= 11 is 0. The molecule has 0 amide bonds. The van der Waals surface area contributed by atoms with E-state index < -0.39 is 22.4 Å². The van der Waals surface area contributed by atoms with E-state index in [4.69, 9.17) is 9.52 Å². The number of sulfonamides is 1. The number of aliphatic hydroxyl groups is 1. The first kappa shape index (κ1) is 14.5. The minimum atomic E-state index is -3.96. The molecule has 2 N–H and O–H groups in total. The fourth-order valence-electron chi connectivity index (χ4n) is 1.77. The highest BCUT2D eigenvalue weighted by atomic mass is 32.2. The van der Waals surface area contributed by atoms with Gasteiger partial charge in [-0.3, -0.25) is 4.72 Å². The molecule has 2 aromatic rings. The number of anilines is 1. The molecule has 1 aromatic heterocycles.